The van der Waals surface area contributed by atoms with Crippen molar-refractivity contribution in [3.63, 3.8) is 0 Å². The zero-order valence-electron chi connectivity index (χ0n) is 10.1. The molecular weight excluding hydrogens is 228 g/mol. The number of carbonyl (C=O) groups excluding carboxylic acids is 1. The summed E-state index contributed by atoms with van der Waals surface area (Å²) in [5.74, 6) is 3.04. The zero-order chi connectivity index (χ0) is 13.0. The SMILES string of the molecule is C#CCC(N)C(=O)NCC1Cc2ccccc2O1. The number of carbonyl (C=O) groups is 1. The molecule has 1 aromatic rings. The predicted octanol–water partition coefficient (Wildman–Crippen LogP) is 0.457. The van der Waals surface area contributed by atoms with Gasteiger partial charge in [-0.25, -0.2) is 0 Å². The quantitative estimate of drug-likeness (QED) is 0.756. The van der Waals surface area contributed by atoms with E-state index in [9.17, 15) is 4.79 Å². The number of ether oxygens (including phenoxy) is 1. The molecule has 1 amide bonds. The molecule has 3 N–H and O–H groups in total. The fourth-order valence-corrected chi connectivity index (χ4v) is 1.93. The van der Waals surface area contributed by atoms with Crippen LogP contribution in [0.3, 0.4) is 0 Å². The minimum atomic E-state index is -0.640. The second-order valence-corrected chi connectivity index (χ2v) is 4.31. The number of benzene rings is 1. The van der Waals surface area contributed by atoms with E-state index in [4.69, 9.17) is 16.9 Å². The van der Waals surface area contributed by atoms with Crippen molar-refractivity contribution in [2.24, 2.45) is 5.73 Å². The van der Waals surface area contributed by atoms with Gasteiger partial charge >= 0.3 is 0 Å². The third kappa shape index (κ3) is 2.82. The van der Waals surface area contributed by atoms with E-state index in [1.54, 1.807) is 0 Å². The Morgan fingerprint density at radius 3 is 3.11 bits per heavy atom. The molecule has 18 heavy (non-hydrogen) atoms. The van der Waals surface area contributed by atoms with Gasteiger partial charge in [0.05, 0.1) is 12.6 Å². The van der Waals surface area contributed by atoms with E-state index in [1.165, 1.54) is 5.56 Å². The maximum atomic E-state index is 11.6. The number of nitrogens with two attached hydrogens (primary N) is 1. The van der Waals surface area contributed by atoms with Gasteiger partial charge in [0.1, 0.15) is 11.9 Å². The second-order valence-electron chi connectivity index (χ2n) is 4.31. The van der Waals surface area contributed by atoms with Crippen molar-refractivity contribution >= 4 is 5.91 Å². The molecule has 1 heterocycles. The van der Waals surface area contributed by atoms with Gasteiger partial charge < -0.3 is 15.8 Å². The van der Waals surface area contributed by atoms with Gasteiger partial charge in [-0.05, 0) is 11.6 Å². The van der Waals surface area contributed by atoms with E-state index in [1.807, 2.05) is 24.3 Å². The number of hydrogen-bond donors (Lipinski definition) is 2. The molecule has 0 saturated heterocycles. The largest absolute Gasteiger partial charge is 0.488 e. The minimum Gasteiger partial charge on any atom is -0.488 e. The van der Waals surface area contributed by atoms with Crippen LogP contribution in [0.1, 0.15) is 12.0 Å². The maximum absolute atomic E-state index is 11.6. The number of hydrogen-bond acceptors (Lipinski definition) is 3. The van der Waals surface area contributed by atoms with Crippen LogP contribution in [0.25, 0.3) is 0 Å². The van der Waals surface area contributed by atoms with Crippen molar-refractivity contribution in [2.75, 3.05) is 6.54 Å². The topological polar surface area (TPSA) is 64.4 Å². The molecule has 1 aromatic carbocycles. The van der Waals surface area contributed by atoms with Crippen LogP contribution in [0, 0.1) is 12.3 Å². The van der Waals surface area contributed by atoms with Gasteiger partial charge in [0, 0.05) is 12.8 Å². The molecule has 4 heteroatoms. The summed E-state index contributed by atoms with van der Waals surface area (Å²) in [6, 6.07) is 7.23. The first-order valence-corrected chi connectivity index (χ1v) is 5.92. The van der Waals surface area contributed by atoms with Crippen molar-refractivity contribution in [2.45, 2.75) is 25.0 Å². The molecule has 4 nitrogen and oxygen atoms in total. The molecule has 0 spiro atoms. The molecule has 0 bridgehead atoms. The van der Waals surface area contributed by atoms with E-state index >= 15 is 0 Å². The number of rotatable bonds is 4. The zero-order valence-corrected chi connectivity index (χ0v) is 10.1. The Morgan fingerprint density at radius 1 is 1.61 bits per heavy atom. The summed E-state index contributed by atoms with van der Waals surface area (Å²) in [5, 5.41) is 2.76. The second kappa shape index (κ2) is 5.56. The number of amides is 1. The average Bonchev–Trinajstić information content (AvgIpc) is 2.78. The van der Waals surface area contributed by atoms with Gasteiger partial charge in [-0.3, -0.25) is 4.79 Å². The van der Waals surface area contributed by atoms with Crippen LogP contribution in [0.15, 0.2) is 24.3 Å². The van der Waals surface area contributed by atoms with Crippen molar-refractivity contribution < 1.29 is 9.53 Å². The lowest BCUT2D eigenvalue weighted by Gasteiger charge is -2.14. The lowest BCUT2D eigenvalue weighted by atomic mass is 10.1. The molecule has 0 radical (unpaired) electrons. The van der Waals surface area contributed by atoms with Gasteiger partial charge in [0.25, 0.3) is 0 Å². The molecule has 2 atom stereocenters. The fraction of sp³-hybridized carbons (Fsp3) is 0.357. The van der Waals surface area contributed by atoms with E-state index in [0.717, 1.165) is 12.2 Å². The lowest BCUT2D eigenvalue weighted by Crippen LogP contribution is -2.44. The maximum Gasteiger partial charge on any atom is 0.238 e. The number of terminal acetylenes is 1. The van der Waals surface area contributed by atoms with Crippen LogP contribution in [-0.4, -0.2) is 24.6 Å². The van der Waals surface area contributed by atoms with Gasteiger partial charge in [-0.2, -0.15) is 0 Å². The molecule has 0 aromatic heterocycles. The van der Waals surface area contributed by atoms with Crippen LogP contribution < -0.4 is 15.8 Å². The molecule has 1 aliphatic rings. The summed E-state index contributed by atoms with van der Waals surface area (Å²) >= 11 is 0. The van der Waals surface area contributed by atoms with Crippen LogP contribution in [0.5, 0.6) is 5.75 Å². The van der Waals surface area contributed by atoms with Crippen LogP contribution >= 0.6 is 0 Å². The Hall–Kier alpha value is -1.99. The average molecular weight is 244 g/mol. The van der Waals surface area contributed by atoms with Crippen LogP contribution in [0.4, 0.5) is 0 Å². The highest BCUT2D eigenvalue weighted by Crippen LogP contribution is 2.27. The number of fused-ring (bicyclic) bond motifs is 1. The Labute approximate surface area is 107 Å². The van der Waals surface area contributed by atoms with Crippen LogP contribution in [0.2, 0.25) is 0 Å². The Kier molecular flexibility index (Phi) is 3.85. The highest BCUT2D eigenvalue weighted by Gasteiger charge is 2.23. The van der Waals surface area contributed by atoms with Gasteiger partial charge in [0.2, 0.25) is 5.91 Å². The van der Waals surface area contributed by atoms with Crippen molar-refractivity contribution in [1.29, 1.82) is 0 Å². The highest BCUT2D eigenvalue weighted by molar-refractivity contribution is 5.81. The summed E-state index contributed by atoms with van der Waals surface area (Å²) in [4.78, 5) is 11.6. The van der Waals surface area contributed by atoms with E-state index in [0.29, 0.717) is 6.54 Å². The van der Waals surface area contributed by atoms with E-state index < -0.39 is 6.04 Å². The summed E-state index contributed by atoms with van der Waals surface area (Å²) in [6.07, 6.45) is 6.14. The lowest BCUT2D eigenvalue weighted by molar-refractivity contribution is -0.122. The first kappa shape index (κ1) is 12.5. The van der Waals surface area contributed by atoms with Gasteiger partial charge in [-0.15, -0.1) is 12.3 Å². The summed E-state index contributed by atoms with van der Waals surface area (Å²) < 4.78 is 5.70. The molecule has 2 unspecified atom stereocenters. The first-order chi connectivity index (χ1) is 8.70. The molecule has 2 rings (SSSR count). The minimum absolute atomic E-state index is 0.0237. The Balaban J connectivity index is 1.81. The van der Waals surface area contributed by atoms with Crippen molar-refractivity contribution in [3.05, 3.63) is 29.8 Å². The summed E-state index contributed by atoms with van der Waals surface area (Å²) in [6.45, 7) is 0.450. The third-order valence-corrected chi connectivity index (χ3v) is 2.89. The van der Waals surface area contributed by atoms with Crippen molar-refractivity contribution in [1.82, 2.24) is 5.32 Å². The summed E-state index contributed by atoms with van der Waals surface area (Å²) in [7, 11) is 0. The number of nitrogens with one attached hydrogen (secondary N) is 1. The van der Waals surface area contributed by atoms with Crippen LogP contribution in [-0.2, 0) is 11.2 Å². The highest BCUT2D eigenvalue weighted by atomic mass is 16.5. The molecule has 1 aliphatic heterocycles. The fourth-order valence-electron chi connectivity index (χ4n) is 1.93. The molecule has 0 saturated carbocycles. The monoisotopic (exact) mass is 244 g/mol. The summed E-state index contributed by atoms with van der Waals surface area (Å²) in [5.41, 5.74) is 6.77. The predicted molar refractivity (Wildman–Crippen MR) is 69.0 cm³/mol. The standard InChI is InChI=1S/C14H16N2O2/c1-2-5-12(15)14(17)16-9-11-8-10-6-3-4-7-13(10)18-11/h1,3-4,6-7,11-12H,5,8-9,15H2,(H,16,17). The molecular formula is C14H16N2O2. The molecule has 94 valence electrons. The molecule has 0 aliphatic carbocycles. The third-order valence-electron chi connectivity index (χ3n) is 2.89. The molecule has 0 fully saturated rings. The first-order valence-electron chi connectivity index (χ1n) is 5.92. The van der Waals surface area contributed by atoms with Gasteiger partial charge in [-0.1, -0.05) is 18.2 Å². The Morgan fingerprint density at radius 2 is 2.39 bits per heavy atom. The van der Waals surface area contributed by atoms with E-state index in [-0.39, 0.29) is 18.4 Å². The van der Waals surface area contributed by atoms with Crippen molar-refractivity contribution in [3.8, 4) is 18.1 Å². The number of para-hydroxylation sites is 1. The Bertz CT molecular complexity index is 454. The smallest absolute Gasteiger partial charge is 0.238 e. The normalized spacial score (nSPS) is 18.3. The van der Waals surface area contributed by atoms with Gasteiger partial charge in [0.15, 0.2) is 0 Å². The van der Waals surface area contributed by atoms with E-state index in [2.05, 4.69) is 11.2 Å².